The molecule has 13 heteroatoms. The third kappa shape index (κ3) is 8.08. The number of amides is 2. The fraction of sp³-hybridized carbons (Fsp3) is 0.500. The number of anilines is 3. The fourth-order valence-corrected chi connectivity index (χ4v) is 4.39. The molecule has 0 aliphatic carbocycles. The zero-order chi connectivity index (χ0) is 30.6. The molecule has 4 N–H and O–H groups in total. The van der Waals surface area contributed by atoms with Gasteiger partial charge in [-0.25, -0.2) is 27.7 Å². The fourth-order valence-electron chi connectivity index (χ4n) is 4.39. The summed E-state index contributed by atoms with van der Waals surface area (Å²) in [6, 6.07) is 5.77. The molecule has 1 aliphatic heterocycles. The smallest absolute Gasteiger partial charge is 0.412 e. The van der Waals surface area contributed by atoms with Crippen molar-refractivity contribution >= 4 is 29.5 Å². The number of carbonyl (C=O) groups is 2. The molecule has 1 atom stereocenters. The van der Waals surface area contributed by atoms with E-state index in [-0.39, 0.29) is 16.8 Å². The molecule has 0 unspecified atom stereocenters. The third-order valence-electron chi connectivity index (χ3n) is 6.30. The van der Waals surface area contributed by atoms with E-state index in [4.69, 9.17) is 10.5 Å². The van der Waals surface area contributed by atoms with Crippen molar-refractivity contribution in [2.24, 2.45) is 5.73 Å². The van der Waals surface area contributed by atoms with Crippen molar-refractivity contribution in [3.8, 4) is 11.8 Å². The summed E-state index contributed by atoms with van der Waals surface area (Å²) in [6.45, 7) is 4.06. The predicted molar refractivity (Wildman–Crippen MR) is 149 cm³/mol. The number of likely N-dealkylation sites (N-methyl/N-ethyl adjacent to an activating group) is 1. The molecular formula is C28H37F3N7O3+. The van der Waals surface area contributed by atoms with Crippen molar-refractivity contribution < 1.29 is 32.0 Å². The summed E-state index contributed by atoms with van der Waals surface area (Å²) in [5, 5.41) is 5.95. The lowest BCUT2D eigenvalue weighted by Crippen LogP contribution is -2.68. The first kappa shape index (κ1) is 31.6. The van der Waals surface area contributed by atoms with E-state index in [0.29, 0.717) is 40.8 Å². The van der Waals surface area contributed by atoms with Gasteiger partial charge in [-0.3, -0.25) is 15.1 Å². The Morgan fingerprint density at radius 1 is 1.22 bits per heavy atom. The maximum absolute atomic E-state index is 14.4. The summed E-state index contributed by atoms with van der Waals surface area (Å²) < 4.78 is 46.9. The van der Waals surface area contributed by atoms with Gasteiger partial charge in [-0.15, -0.1) is 0 Å². The highest BCUT2D eigenvalue weighted by atomic mass is 19.3. The zero-order valence-corrected chi connectivity index (χ0v) is 24.1. The standard InChI is InChI=1S/C28H37F3N7O3/c1-26(2,3)41-25(40)37-18-27(30,31)17-28(37,32)23(39)38(5,6)15-9-7-8-10-19-16-34-24(36-22(19)33-4)35-21-13-11-20(29)12-14-21/h11-14,16H,7,9,15,17-18,32H2,1-6H3,(H2,33,34,35,36)/q+1/t28-/m0/s1. The highest BCUT2D eigenvalue weighted by Crippen LogP contribution is 2.39. The maximum atomic E-state index is 14.4. The van der Waals surface area contributed by atoms with Gasteiger partial charge in [-0.05, 0) is 45.0 Å². The first-order chi connectivity index (χ1) is 19.0. The molecule has 2 aromatic rings. The second-order valence-electron chi connectivity index (χ2n) is 11.5. The molecule has 1 aromatic carbocycles. The Morgan fingerprint density at radius 3 is 2.49 bits per heavy atom. The van der Waals surface area contributed by atoms with E-state index >= 15 is 0 Å². The molecule has 1 fully saturated rings. The Kier molecular flexibility index (Phi) is 9.20. The van der Waals surface area contributed by atoms with Gasteiger partial charge in [0.05, 0.1) is 45.4 Å². The van der Waals surface area contributed by atoms with Gasteiger partial charge in [0.25, 0.3) is 5.92 Å². The molecule has 0 saturated carbocycles. The summed E-state index contributed by atoms with van der Waals surface area (Å²) in [5.74, 6) is 2.40. The van der Waals surface area contributed by atoms with E-state index in [1.54, 1.807) is 60.2 Å². The molecule has 41 heavy (non-hydrogen) atoms. The van der Waals surface area contributed by atoms with Gasteiger partial charge in [0.2, 0.25) is 11.6 Å². The molecule has 1 saturated heterocycles. The number of ether oxygens (including phenoxy) is 1. The Bertz CT molecular complexity index is 1330. The summed E-state index contributed by atoms with van der Waals surface area (Å²) in [4.78, 5) is 35.4. The molecule has 3 rings (SSSR count). The molecule has 0 bridgehead atoms. The van der Waals surface area contributed by atoms with Gasteiger partial charge < -0.3 is 15.4 Å². The third-order valence-corrected chi connectivity index (χ3v) is 6.30. The largest absolute Gasteiger partial charge is 0.444 e. The van der Waals surface area contributed by atoms with Gasteiger partial charge in [0.15, 0.2) is 0 Å². The minimum atomic E-state index is -3.33. The summed E-state index contributed by atoms with van der Waals surface area (Å²) >= 11 is 0. The molecule has 0 spiro atoms. The number of likely N-dealkylation sites (tertiary alicyclic amines) is 1. The molecule has 2 heterocycles. The number of hydrogen-bond acceptors (Lipinski definition) is 8. The molecule has 1 aliphatic rings. The molecule has 10 nitrogen and oxygen atoms in total. The summed E-state index contributed by atoms with van der Waals surface area (Å²) in [5.41, 5.74) is 4.25. The number of nitrogens with zero attached hydrogens (tertiary/aromatic N) is 4. The lowest BCUT2D eigenvalue weighted by Gasteiger charge is -2.38. The first-order valence-electron chi connectivity index (χ1n) is 13.1. The van der Waals surface area contributed by atoms with Crippen LogP contribution >= 0.6 is 0 Å². The van der Waals surface area contributed by atoms with Gasteiger partial charge in [-0.2, -0.15) is 4.98 Å². The van der Waals surface area contributed by atoms with Gasteiger partial charge in [0.1, 0.15) is 17.2 Å². The zero-order valence-electron chi connectivity index (χ0n) is 24.1. The van der Waals surface area contributed by atoms with E-state index in [9.17, 15) is 22.8 Å². The van der Waals surface area contributed by atoms with Crippen molar-refractivity contribution in [2.75, 3.05) is 44.9 Å². The molecule has 1 aromatic heterocycles. The van der Waals surface area contributed by atoms with Gasteiger partial charge in [-0.1, -0.05) is 11.8 Å². The van der Waals surface area contributed by atoms with Crippen LogP contribution < -0.4 is 16.4 Å². The van der Waals surface area contributed by atoms with Crippen LogP contribution in [0.2, 0.25) is 0 Å². The Morgan fingerprint density at radius 2 is 1.88 bits per heavy atom. The summed E-state index contributed by atoms with van der Waals surface area (Å²) in [7, 11) is 4.82. The predicted octanol–water partition coefficient (Wildman–Crippen LogP) is 4.07. The Balaban J connectivity index is 1.64. The number of aromatic nitrogens is 2. The number of carbonyl (C=O) groups excluding carboxylic acids is 2. The minimum Gasteiger partial charge on any atom is -0.444 e. The topological polar surface area (TPSA) is 122 Å². The average Bonchev–Trinajstić information content (AvgIpc) is 3.13. The average molecular weight is 577 g/mol. The lowest BCUT2D eigenvalue weighted by molar-refractivity contribution is -0.816. The highest BCUT2D eigenvalue weighted by Gasteiger charge is 2.63. The summed E-state index contributed by atoms with van der Waals surface area (Å²) in [6.07, 6.45) is 0.336. The molecular weight excluding hydrogens is 539 g/mol. The van der Waals surface area contributed by atoms with Crippen LogP contribution in [0, 0.1) is 17.7 Å². The van der Waals surface area contributed by atoms with Crippen LogP contribution in [0.25, 0.3) is 0 Å². The number of nitrogens with two attached hydrogens (primary N) is 1. The number of rotatable bonds is 7. The number of halogens is 3. The molecule has 0 radical (unpaired) electrons. The van der Waals surface area contributed by atoms with E-state index in [0.717, 1.165) is 0 Å². The number of unbranched alkanes of at least 4 members (excludes halogenated alkanes) is 1. The van der Waals surface area contributed by atoms with E-state index in [1.165, 1.54) is 12.1 Å². The van der Waals surface area contributed by atoms with Crippen LogP contribution in [-0.2, 0) is 9.53 Å². The Labute approximate surface area is 238 Å². The minimum absolute atomic E-state index is 0.246. The quantitative estimate of drug-likeness (QED) is 0.256. The van der Waals surface area contributed by atoms with Crippen LogP contribution in [0.4, 0.5) is 35.4 Å². The highest BCUT2D eigenvalue weighted by molar-refractivity contribution is 5.86. The van der Waals surface area contributed by atoms with Crippen molar-refractivity contribution in [2.45, 2.75) is 57.2 Å². The lowest BCUT2D eigenvalue weighted by atomic mass is 10.0. The first-order valence-corrected chi connectivity index (χ1v) is 13.1. The van der Waals surface area contributed by atoms with Crippen molar-refractivity contribution in [3.63, 3.8) is 0 Å². The normalized spacial score (nSPS) is 18.3. The second-order valence-corrected chi connectivity index (χ2v) is 11.5. The van der Waals surface area contributed by atoms with Crippen LogP contribution in [0.5, 0.6) is 0 Å². The number of quaternary nitrogens is 1. The van der Waals surface area contributed by atoms with Crippen molar-refractivity contribution in [3.05, 3.63) is 41.8 Å². The monoisotopic (exact) mass is 576 g/mol. The van der Waals surface area contributed by atoms with Gasteiger partial charge >= 0.3 is 12.0 Å². The maximum Gasteiger partial charge on any atom is 0.412 e. The number of benzene rings is 1. The van der Waals surface area contributed by atoms with Crippen LogP contribution in [0.3, 0.4) is 0 Å². The van der Waals surface area contributed by atoms with E-state index in [1.807, 2.05) is 0 Å². The number of hydrogen-bond donors (Lipinski definition) is 3. The van der Waals surface area contributed by atoms with Crippen molar-refractivity contribution in [1.82, 2.24) is 14.9 Å². The Hall–Kier alpha value is -3.89. The second kappa shape index (κ2) is 11.9. The molecule has 2 amide bonds. The number of alkyl halides is 2. The van der Waals surface area contributed by atoms with Crippen LogP contribution in [0.1, 0.15) is 45.6 Å². The molecule has 222 valence electrons. The number of nitrogens with one attached hydrogen (secondary N) is 2. The van der Waals surface area contributed by atoms with Gasteiger partial charge in [0, 0.05) is 25.6 Å². The van der Waals surface area contributed by atoms with Crippen molar-refractivity contribution in [1.29, 1.82) is 0 Å². The SMILES string of the molecule is CNc1nc(Nc2ccc(F)cc2)ncc1C#CCCC[N+](C)(C)C(=O)[C@]1(N)CC(F)(F)CN1C(=O)OC(C)(C)C. The van der Waals surface area contributed by atoms with E-state index < -0.39 is 42.2 Å². The van der Waals surface area contributed by atoms with Crippen LogP contribution in [-0.4, -0.2) is 82.8 Å². The van der Waals surface area contributed by atoms with E-state index in [2.05, 4.69) is 32.4 Å². The van der Waals surface area contributed by atoms with Crippen LogP contribution in [0.15, 0.2) is 30.5 Å².